The summed E-state index contributed by atoms with van der Waals surface area (Å²) in [6.07, 6.45) is 2.16. The normalized spacial score (nSPS) is 15.0. The molecule has 0 bridgehead atoms. The molecule has 0 aromatic heterocycles. The molecular formula is C12H15BrCl2. The van der Waals surface area contributed by atoms with Crippen LogP contribution in [0, 0.1) is 5.92 Å². The molecule has 1 aromatic rings. The summed E-state index contributed by atoms with van der Waals surface area (Å²) in [6, 6.07) is 5.72. The fraction of sp³-hybridized carbons (Fsp3) is 0.500. The first kappa shape index (κ1) is 13.3. The summed E-state index contributed by atoms with van der Waals surface area (Å²) in [5.74, 6) is 0.623. The molecule has 0 aliphatic heterocycles. The lowest BCUT2D eigenvalue weighted by Crippen LogP contribution is -2.05. The number of alkyl halides is 1. The summed E-state index contributed by atoms with van der Waals surface area (Å²) >= 11 is 15.5. The fourth-order valence-corrected chi connectivity index (χ4v) is 2.82. The van der Waals surface area contributed by atoms with Gasteiger partial charge in [0.25, 0.3) is 0 Å². The smallest absolute Gasteiger partial charge is 0.0452 e. The Morgan fingerprint density at radius 3 is 2.47 bits per heavy atom. The number of hydrogen-bond donors (Lipinski definition) is 0. The van der Waals surface area contributed by atoms with Gasteiger partial charge in [0.15, 0.2) is 0 Å². The van der Waals surface area contributed by atoms with E-state index in [9.17, 15) is 0 Å². The molecule has 0 aliphatic rings. The molecule has 1 aromatic carbocycles. The minimum Gasteiger partial charge on any atom is -0.0894 e. The van der Waals surface area contributed by atoms with Crippen molar-refractivity contribution in [3.63, 3.8) is 0 Å². The molecule has 0 saturated heterocycles. The Bertz CT molecular complexity index is 323. The third kappa shape index (κ3) is 4.76. The Kier molecular flexibility index (Phi) is 5.45. The van der Waals surface area contributed by atoms with E-state index in [2.05, 4.69) is 29.8 Å². The van der Waals surface area contributed by atoms with Crippen molar-refractivity contribution < 1.29 is 0 Å². The zero-order valence-corrected chi connectivity index (χ0v) is 12.0. The van der Waals surface area contributed by atoms with E-state index in [-0.39, 0.29) is 0 Å². The second-order valence-electron chi connectivity index (χ2n) is 4.06. The maximum atomic E-state index is 6.11. The Balaban J connectivity index is 2.64. The fourth-order valence-electron chi connectivity index (χ4n) is 1.70. The van der Waals surface area contributed by atoms with Crippen LogP contribution in [0.2, 0.25) is 10.0 Å². The van der Waals surface area contributed by atoms with Crippen LogP contribution in [0.25, 0.3) is 0 Å². The molecule has 0 aliphatic carbocycles. The summed E-state index contributed by atoms with van der Waals surface area (Å²) in [5, 5.41) is 1.47. The number of rotatable bonds is 4. The van der Waals surface area contributed by atoms with Crippen molar-refractivity contribution in [1.29, 1.82) is 0 Å². The van der Waals surface area contributed by atoms with Gasteiger partial charge >= 0.3 is 0 Å². The van der Waals surface area contributed by atoms with E-state index >= 15 is 0 Å². The van der Waals surface area contributed by atoms with Crippen molar-refractivity contribution in [3.8, 4) is 0 Å². The van der Waals surface area contributed by atoms with E-state index in [0.29, 0.717) is 15.8 Å². The second-order valence-corrected chi connectivity index (χ2v) is 6.47. The van der Waals surface area contributed by atoms with Crippen LogP contribution in [-0.4, -0.2) is 4.83 Å². The third-order valence-corrected chi connectivity index (χ3v) is 3.27. The van der Waals surface area contributed by atoms with Crippen LogP contribution in [0.15, 0.2) is 18.2 Å². The summed E-state index contributed by atoms with van der Waals surface area (Å²) in [4.78, 5) is 0.554. The van der Waals surface area contributed by atoms with Gasteiger partial charge in [-0.05, 0) is 36.5 Å². The summed E-state index contributed by atoms with van der Waals surface area (Å²) < 4.78 is 0. The minimum absolute atomic E-state index is 0.554. The molecule has 0 fully saturated rings. The largest absolute Gasteiger partial charge is 0.0894 e. The van der Waals surface area contributed by atoms with Crippen LogP contribution in [-0.2, 0) is 6.42 Å². The van der Waals surface area contributed by atoms with E-state index in [1.165, 1.54) is 5.56 Å². The summed E-state index contributed by atoms with van der Waals surface area (Å²) in [7, 11) is 0. The van der Waals surface area contributed by atoms with Crippen molar-refractivity contribution in [2.45, 2.75) is 31.5 Å². The van der Waals surface area contributed by atoms with Gasteiger partial charge in [0.2, 0.25) is 0 Å². The molecule has 2 unspecified atom stereocenters. The Labute approximate surface area is 110 Å². The lowest BCUT2D eigenvalue weighted by molar-refractivity contribution is 0.533. The van der Waals surface area contributed by atoms with E-state index < -0.39 is 0 Å². The number of benzene rings is 1. The Hall–Kier alpha value is 0.280. The van der Waals surface area contributed by atoms with Gasteiger partial charge in [-0.2, -0.15) is 0 Å². The highest BCUT2D eigenvalue weighted by atomic mass is 79.9. The van der Waals surface area contributed by atoms with Crippen LogP contribution >= 0.6 is 39.1 Å². The van der Waals surface area contributed by atoms with E-state index in [0.717, 1.165) is 17.9 Å². The molecule has 0 radical (unpaired) electrons. The SMILES string of the molecule is CC(Br)CC(C)Cc1ccc(Cl)cc1Cl. The zero-order chi connectivity index (χ0) is 11.4. The van der Waals surface area contributed by atoms with Gasteiger partial charge in [-0.1, -0.05) is 59.0 Å². The first-order valence-electron chi connectivity index (χ1n) is 5.07. The third-order valence-electron chi connectivity index (χ3n) is 2.31. The summed E-state index contributed by atoms with van der Waals surface area (Å²) in [6.45, 7) is 4.41. The Morgan fingerprint density at radius 1 is 1.27 bits per heavy atom. The van der Waals surface area contributed by atoms with Crippen LogP contribution < -0.4 is 0 Å². The van der Waals surface area contributed by atoms with Gasteiger partial charge in [-0.25, -0.2) is 0 Å². The lowest BCUT2D eigenvalue weighted by atomic mass is 9.97. The van der Waals surface area contributed by atoms with Crippen LogP contribution in [0.4, 0.5) is 0 Å². The minimum atomic E-state index is 0.554. The predicted molar refractivity (Wildman–Crippen MR) is 72.3 cm³/mol. The summed E-state index contributed by atoms with van der Waals surface area (Å²) in [5.41, 5.74) is 1.18. The van der Waals surface area contributed by atoms with Gasteiger partial charge in [0, 0.05) is 14.9 Å². The van der Waals surface area contributed by atoms with Crippen molar-refractivity contribution in [2.75, 3.05) is 0 Å². The molecule has 0 heterocycles. The predicted octanol–water partition coefficient (Wildman–Crippen LogP) is 5.35. The Morgan fingerprint density at radius 2 is 1.93 bits per heavy atom. The number of hydrogen-bond acceptors (Lipinski definition) is 0. The maximum absolute atomic E-state index is 6.11. The standard InChI is InChI=1S/C12H15BrCl2/c1-8(5-9(2)13)6-10-3-4-11(14)7-12(10)15/h3-4,7-9H,5-6H2,1-2H3. The van der Waals surface area contributed by atoms with Crippen molar-refractivity contribution >= 4 is 39.1 Å². The van der Waals surface area contributed by atoms with Crippen LogP contribution in [0.1, 0.15) is 25.8 Å². The monoisotopic (exact) mass is 308 g/mol. The van der Waals surface area contributed by atoms with E-state index in [1.807, 2.05) is 18.2 Å². The lowest BCUT2D eigenvalue weighted by Gasteiger charge is -2.14. The van der Waals surface area contributed by atoms with Crippen molar-refractivity contribution in [2.24, 2.45) is 5.92 Å². The molecule has 1 rings (SSSR count). The van der Waals surface area contributed by atoms with Gasteiger partial charge in [0.1, 0.15) is 0 Å². The maximum Gasteiger partial charge on any atom is 0.0452 e. The highest BCUT2D eigenvalue weighted by Crippen LogP contribution is 2.25. The molecular weight excluding hydrogens is 295 g/mol. The number of halogens is 3. The van der Waals surface area contributed by atoms with Crippen LogP contribution in [0.5, 0.6) is 0 Å². The average molecular weight is 310 g/mol. The first-order chi connectivity index (χ1) is 6.99. The molecule has 0 amide bonds. The second kappa shape index (κ2) is 6.12. The molecule has 3 heteroatoms. The topological polar surface area (TPSA) is 0 Å². The molecule has 0 spiro atoms. The highest BCUT2D eigenvalue weighted by molar-refractivity contribution is 9.09. The molecule has 0 nitrogen and oxygen atoms in total. The zero-order valence-electron chi connectivity index (χ0n) is 8.93. The van der Waals surface area contributed by atoms with Crippen molar-refractivity contribution in [1.82, 2.24) is 0 Å². The quantitative estimate of drug-likeness (QED) is 0.658. The molecule has 0 saturated carbocycles. The molecule has 84 valence electrons. The van der Waals surface area contributed by atoms with Gasteiger partial charge in [-0.15, -0.1) is 0 Å². The van der Waals surface area contributed by atoms with Gasteiger partial charge < -0.3 is 0 Å². The molecule has 0 N–H and O–H groups in total. The van der Waals surface area contributed by atoms with E-state index in [1.54, 1.807) is 0 Å². The van der Waals surface area contributed by atoms with Gasteiger partial charge in [-0.3, -0.25) is 0 Å². The van der Waals surface area contributed by atoms with Crippen LogP contribution in [0.3, 0.4) is 0 Å². The molecule has 15 heavy (non-hydrogen) atoms. The average Bonchev–Trinajstić information content (AvgIpc) is 2.08. The first-order valence-corrected chi connectivity index (χ1v) is 6.74. The van der Waals surface area contributed by atoms with Crippen molar-refractivity contribution in [3.05, 3.63) is 33.8 Å². The van der Waals surface area contributed by atoms with E-state index in [4.69, 9.17) is 23.2 Å². The highest BCUT2D eigenvalue weighted by Gasteiger charge is 2.09. The van der Waals surface area contributed by atoms with Gasteiger partial charge in [0.05, 0.1) is 0 Å². The molecule has 2 atom stereocenters.